The molecule has 0 saturated carbocycles. The van der Waals surface area contributed by atoms with Crippen molar-refractivity contribution in [3.05, 3.63) is 35.6 Å². The van der Waals surface area contributed by atoms with Gasteiger partial charge in [0.05, 0.1) is 38.7 Å². The fourth-order valence-electron chi connectivity index (χ4n) is 3.06. The largest absolute Gasteiger partial charge is 0.379 e. The number of hydrogen-bond donors (Lipinski definition) is 2. The molecule has 0 aromatic heterocycles. The SMILES string of the molecule is COCC[NH2+]CC1CCC[NH+](Cc2ccc(F)cc2)C1. The maximum Gasteiger partial charge on any atom is 0.123 e. The Balaban J connectivity index is 1.74. The van der Waals surface area contributed by atoms with E-state index in [1.165, 1.54) is 38.0 Å². The average Bonchev–Trinajstić information content (AvgIpc) is 2.47. The van der Waals surface area contributed by atoms with E-state index in [2.05, 4.69) is 5.32 Å². The van der Waals surface area contributed by atoms with Gasteiger partial charge in [-0.1, -0.05) is 12.1 Å². The topological polar surface area (TPSA) is 30.3 Å². The highest BCUT2D eigenvalue weighted by Crippen LogP contribution is 2.06. The van der Waals surface area contributed by atoms with Crippen LogP contribution in [-0.4, -0.2) is 39.9 Å². The third kappa shape index (κ3) is 5.19. The number of hydrogen-bond acceptors (Lipinski definition) is 1. The molecule has 1 aliphatic rings. The van der Waals surface area contributed by atoms with E-state index in [9.17, 15) is 4.39 Å². The molecule has 1 aromatic rings. The number of ether oxygens (including phenoxy) is 1. The van der Waals surface area contributed by atoms with Crippen LogP contribution in [0.4, 0.5) is 4.39 Å². The monoisotopic (exact) mass is 282 g/mol. The minimum Gasteiger partial charge on any atom is -0.379 e. The number of likely N-dealkylation sites (tertiary alicyclic amines) is 1. The van der Waals surface area contributed by atoms with Crippen LogP contribution in [0, 0.1) is 11.7 Å². The molecule has 1 saturated heterocycles. The van der Waals surface area contributed by atoms with Gasteiger partial charge in [0.2, 0.25) is 0 Å². The third-order valence-electron chi connectivity index (χ3n) is 4.11. The Bertz CT molecular complexity index is 383. The normalized spacial score (nSPS) is 22.9. The van der Waals surface area contributed by atoms with Gasteiger partial charge < -0.3 is 15.0 Å². The molecule has 1 aliphatic heterocycles. The Kier molecular flexibility index (Phi) is 6.43. The Labute approximate surface area is 121 Å². The first kappa shape index (κ1) is 15.4. The smallest absolute Gasteiger partial charge is 0.123 e. The molecule has 0 bridgehead atoms. The second kappa shape index (κ2) is 8.35. The summed E-state index contributed by atoms with van der Waals surface area (Å²) in [5.41, 5.74) is 1.24. The molecule has 1 aromatic carbocycles. The fourth-order valence-corrected chi connectivity index (χ4v) is 3.06. The van der Waals surface area contributed by atoms with Gasteiger partial charge in [0.15, 0.2) is 0 Å². The molecule has 3 N–H and O–H groups in total. The summed E-state index contributed by atoms with van der Waals surface area (Å²) in [5, 5.41) is 2.37. The minimum absolute atomic E-state index is 0.145. The Morgan fingerprint density at radius 2 is 2.15 bits per heavy atom. The van der Waals surface area contributed by atoms with Gasteiger partial charge in [0.25, 0.3) is 0 Å². The van der Waals surface area contributed by atoms with E-state index in [0.717, 1.165) is 25.6 Å². The number of rotatable bonds is 7. The van der Waals surface area contributed by atoms with E-state index in [4.69, 9.17) is 4.74 Å². The maximum atomic E-state index is 12.9. The number of methoxy groups -OCH3 is 1. The molecule has 20 heavy (non-hydrogen) atoms. The molecule has 2 atom stereocenters. The summed E-state index contributed by atoms with van der Waals surface area (Å²) in [4.78, 5) is 1.63. The van der Waals surface area contributed by atoms with E-state index in [-0.39, 0.29) is 5.82 Å². The summed E-state index contributed by atoms with van der Waals surface area (Å²) in [7, 11) is 1.75. The van der Waals surface area contributed by atoms with Crippen LogP contribution in [0.1, 0.15) is 18.4 Å². The highest BCUT2D eigenvalue weighted by Gasteiger charge is 2.24. The quantitative estimate of drug-likeness (QED) is 0.668. The van der Waals surface area contributed by atoms with Gasteiger partial charge in [-0.2, -0.15) is 0 Å². The lowest BCUT2D eigenvalue weighted by Gasteiger charge is -2.29. The van der Waals surface area contributed by atoms with Crippen molar-refractivity contribution in [1.82, 2.24) is 0 Å². The van der Waals surface area contributed by atoms with Crippen molar-refractivity contribution in [3.8, 4) is 0 Å². The standard InChI is InChI=1S/C16H25FN2O/c1-20-10-8-18-11-15-3-2-9-19(13-15)12-14-4-6-16(17)7-5-14/h4-7,15,18H,2-3,8-13H2,1H3/p+2. The molecular formula is C16H27FN2O+2. The molecule has 0 amide bonds. The highest BCUT2D eigenvalue weighted by atomic mass is 19.1. The Morgan fingerprint density at radius 3 is 2.90 bits per heavy atom. The first-order valence-corrected chi connectivity index (χ1v) is 7.66. The summed E-state index contributed by atoms with van der Waals surface area (Å²) >= 11 is 0. The van der Waals surface area contributed by atoms with Crippen molar-refractivity contribution in [1.29, 1.82) is 0 Å². The van der Waals surface area contributed by atoms with E-state index in [1.54, 1.807) is 24.1 Å². The molecule has 0 spiro atoms. The summed E-state index contributed by atoms with van der Waals surface area (Å²) in [6.07, 6.45) is 2.65. The molecule has 0 aliphatic carbocycles. The van der Waals surface area contributed by atoms with E-state index in [0.29, 0.717) is 0 Å². The summed E-state index contributed by atoms with van der Waals surface area (Å²) < 4.78 is 18.0. The lowest BCUT2D eigenvalue weighted by molar-refractivity contribution is -0.924. The predicted molar refractivity (Wildman–Crippen MR) is 77.1 cm³/mol. The zero-order valence-electron chi connectivity index (χ0n) is 12.4. The van der Waals surface area contributed by atoms with Gasteiger partial charge in [-0.25, -0.2) is 4.39 Å². The number of piperidine rings is 1. The maximum absolute atomic E-state index is 12.9. The molecular weight excluding hydrogens is 255 g/mol. The van der Waals surface area contributed by atoms with Crippen molar-refractivity contribution in [2.45, 2.75) is 19.4 Å². The molecule has 0 radical (unpaired) electrons. The van der Waals surface area contributed by atoms with Crippen LogP contribution in [0.2, 0.25) is 0 Å². The fraction of sp³-hybridized carbons (Fsp3) is 0.625. The van der Waals surface area contributed by atoms with Crippen molar-refractivity contribution in [3.63, 3.8) is 0 Å². The second-order valence-corrected chi connectivity index (χ2v) is 5.82. The zero-order chi connectivity index (χ0) is 14.2. The molecule has 2 unspecified atom stereocenters. The lowest BCUT2D eigenvalue weighted by atomic mass is 9.97. The van der Waals surface area contributed by atoms with Crippen LogP contribution in [0.25, 0.3) is 0 Å². The van der Waals surface area contributed by atoms with Crippen molar-refractivity contribution >= 4 is 0 Å². The van der Waals surface area contributed by atoms with Gasteiger partial charge >= 0.3 is 0 Å². The first-order chi connectivity index (χ1) is 9.78. The van der Waals surface area contributed by atoms with Gasteiger partial charge in [0, 0.05) is 12.7 Å². The van der Waals surface area contributed by atoms with Crippen molar-refractivity contribution in [2.24, 2.45) is 5.92 Å². The number of nitrogens with two attached hydrogens (primary N) is 1. The van der Waals surface area contributed by atoms with Crippen LogP contribution in [0.3, 0.4) is 0 Å². The summed E-state index contributed by atoms with van der Waals surface area (Å²) in [5.74, 6) is 0.657. The lowest BCUT2D eigenvalue weighted by Crippen LogP contribution is -3.13. The molecule has 1 fully saturated rings. The van der Waals surface area contributed by atoms with Crippen molar-refractivity contribution < 1.29 is 19.3 Å². The van der Waals surface area contributed by atoms with Gasteiger partial charge in [-0.15, -0.1) is 0 Å². The molecule has 112 valence electrons. The zero-order valence-corrected chi connectivity index (χ0v) is 12.4. The molecule has 2 rings (SSSR count). The van der Waals surface area contributed by atoms with Gasteiger partial charge in [-0.3, -0.25) is 0 Å². The number of quaternary nitrogens is 2. The van der Waals surface area contributed by atoms with E-state index >= 15 is 0 Å². The number of nitrogens with one attached hydrogen (secondary N) is 1. The molecule has 3 nitrogen and oxygen atoms in total. The molecule has 1 heterocycles. The van der Waals surface area contributed by atoms with Crippen LogP contribution in [-0.2, 0) is 11.3 Å². The Morgan fingerprint density at radius 1 is 1.35 bits per heavy atom. The van der Waals surface area contributed by atoms with Crippen LogP contribution in [0.5, 0.6) is 0 Å². The van der Waals surface area contributed by atoms with E-state index in [1.807, 2.05) is 12.1 Å². The third-order valence-corrected chi connectivity index (χ3v) is 4.11. The average molecular weight is 282 g/mol. The summed E-state index contributed by atoms with van der Waals surface area (Å²) in [6, 6.07) is 6.96. The molecule has 4 heteroatoms. The Hall–Kier alpha value is -0.970. The van der Waals surface area contributed by atoms with Crippen LogP contribution >= 0.6 is 0 Å². The first-order valence-electron chi connectivity index (χ1n) is 7.66. The number of halogens is 1. The predicted octanol–water partition coefficient (Wildman–Crippen LogP) is -0.170. The van der Waals surface area contributed by atoms with Crippen molar-refractivity contribution in [2.75, 3.05) is 39.9 Å². The summed E-state index contributed by atoms with van der Waals surface area (Å²) in [6.45, 7) is 6.59. The van der Waals surface area contributed by atoms with Crippen LogP contribution in [0.15, 0.2) is 24.3 Å². The van der Waals surface area contributed by atoms with Gasteiger partial charge in [0.1, 0.15) is 12.4 Å². The number of benzene rings is 1. The van der Waals surface area contributed by atoms with Crippen LogP contribution < -0.4 is 10.2 Å². The minimum atomic E-state index is -0.145. The van der Waals surface area contributed by atoms with Gasteiger partial charge in [-0.05, 0) is 25.0 Å². The van der Waals surface area contributed by atoms with E-state index < -0.39 is 0 Å². The second-order valence-electron chi connectivity index (χ2n) is 5.82. The highest BCUT2D eigenvalue weighted by molar-refractivity contribution is 5.14.